The number of alkyl halides is 3. The first-order chi connectivity index (χ1) is 15.4. The summed E-state index contributed by atoms with van der Waals surface area (Å²) in [6.45, 7) is 2.01. The Bertz CT molecular complexity index is 1330. The van der Waals surface area contributed by atoms with E-state index in [4.69, 9.17) is 16.3 Å². The highest BCUT2D eigenvalue weighted by molar-refractivity contribution is 7.92. The number of anilines is 1. The molecule has 0 spiro atoms. The van der Waals surface area contributed by atoms with Gasteiger partial charge in [0, 0.05) is 22.1 Å². The average Bonchev–Trinajstić information content (AvgIpc) is 2.72. The predicted molar refractivity (Wildman–Crippen MR) is 114 cm³/mol. The van der Waals surface area contributed by atoms with Gasteiger partial charge < -0.3 is 4.74 Å². The fraction of sp³-hybridized carbons (Fsp3) is 0.227. The Morgan fingerprint density at radius 2 is 1.82 bits per heavy atom. The molecule has 2 aromatic carbocycles. The van der Waals surface area contributed by atoms with E-state index in [0.29, 0.717) is 17.5 Å². The molecular weight excluding hydrogens is 484 g/mol. The van der Waals surface area contributed by atoms with Gasteiger partial charge in [0.15, 0.2) is 0 Å². The maximum Gasteiger partial charge on any atom is 0.416 e. The minimum atomic E-state index is -4.52. The molecule has 0 unspecified atom stereocenters. The standard InChI is InChI=1S/C22H17ClF4N2O3S/c1-21(15-7-5-13(11-17(15)23)22(25,26)27)9-10-32-18-12-14(6-8-16(18)21)33(30,31)29-20-4-2-3-19(24)28-20/h2-8,11-12H,9-10H2,1H3,(H,28,29)/t21-/m0/s1. The van der Waals surface area contributed by atoms with Crippen molar-refractivity contribution >= 4 is 27.4 Å². The number of sulfonamides is 1. The van der Waals surface area contributed by atoms with Gasteiger partial charge in [0.2, 0.25) is 5.95 Å². The van der Waals surface area contributed by atoms with Crippen LogP contribution in [0.15, 0.2) is 59.5 Å². The maximum atomic E-state index is 13.3. The SMILES string of the molecule is C[C@@]1(c2ccc(C(F)(F)F)cc2Cl)CCOc2cc(S(=O)(=O)Nc3cccc(F)n3)ccc21. The molecule has 11 heteroatoms. The van der Waals surface area contributed by atoms with Crippen LogP contribution in [0.2, 0.25) is 5.02 Å². The zero-order chi connectivity index (χ0) is 24.0. The Morgan fingerprint density at radius 1 is 1.09 bits per heavy atom. The van der Waals surface area contributed by atoms with Crippen LogP contribution in [0, 0.1) is 5.95 Å². The number of ether oxygens (including phenoxy) is 1. The lowest BCUT2D eigenvalue weighted by atomic mass is 9.72. The van der Waals surface area contributed by atoms with Crippen LogP contribution in [0.1, 0.15) is 30.0 Å². The smallest absolute Gasteiger partial charge is 0.416 e. The largest absolute Gasteiger partial charge is 0.493 e. The molecule has 1 aliphatic rings. The molecule has 33 heavy (non-hydrogen) atoms. The van der Waals surface area contributed by atoms with Crippen molar-refractivity contribution in [3.63, 3.8) is 0 Å². The van der Waals surface area contributed by atoms with Gasteiger partial charge in [-0.2, -0.15) is 17.6 Å². The second-order valence-electron chi connectivity index (χ2n) is 7.73. The number of rotatable bonds is 4. The van der Waals surface area contributed by atoms with Crippen LogP contribution in [0.25, 0.3) is 0 Å². The molecule has 3 aromatic rings. The second kappa shape index (κ2) is 8.18. The van der Waals surface area contributed by atoms with Crippen LogP contribution in [0.5, 0.6) is 5.75 Å². The molecule has 4 rings (SSSR count). The molecule has 0 radical (unpaired) electrons. The highest BCUT2D eigenvalue weighted by Crippen LogP contribution is 2.47. The molecule has 1 N–H and O–H groups in total. The molecule has 0 bridgehead atoms. The number of halogens is 5. The summed E-state index contributed by atoms with van der Waals surface area (Å²) >= 11 is 6.25. The first-order valence-corrected chi connectivity index (χ1v) is 11.6. The van der Waals surface area contributed by atoms with Crippen molar-refractivity contribution in [1.29, 1.82) is 0 Å². The van der Waals surface area contributed by atoms with E-state index in [9.17, 15) is 26.0 Å². The Hall–Kier alpha value is -2.85. The van der Waals surface area contributed by atoms with Gasteiger partial charge in [-0.1, -0.05) is 36.7 Å². The highest BCUT2D eigenvalue weighted by Gasteiger charge is 2.39. The quantitative estimate of drug-likeness (QED) is 0.364. The number of hydrogen-bond acceptors (Lipinski definition) is 4. The number of benzene rings is 2. The first kappa shape index (κ1) is 23.3. The molecule has 0 fully saturated rings. The summed E-state index contributed by atoms with van der Waals surface area (Å²) in [7, 11) is -4.11. The topological polar surface area (TPSA) is 68.3 Å². The van der Waals surface area contributed by atoms with Crippen LogP contribution in [0.4, 0.5) is 23.4 Å². The zero-order valence-electron chi connectivity index (χ0n) is 17.1. The van der Waals surface area contributed by atoms with E-state index in [-0.39, 0.29) is 28.1 Å². The summed E-state index contributed by atoms with van der Waals surface area (Å²) in [6, 6.07) is 11.1. The summed E-state index contributed by atoms with van der Waals surface area (Å²) in [5.41, 5.74) is -0.613. The lowest BCUT2D eigenvalue weighted by Gasteiger charge is -2.37. The Balaban J connectivity index is 1.72. The molecular formula is C22H17ClF4N2O3S. The number of fused-ring (bicyclic) bond motifs is 1. The Morgan fingerprint density at radius 3 is 2.48 bits per heavy atom. The molecule has 0 aliphatic carbocycles. The summed E-state index contributed by atoms with van der Waals surface area (Å²) in [5.74, 6) is -0.766. The van der Waals surface area contributed by atoms with Crippen molar-refractivity contribution in [3.8, 4) is 5.75 Å². The number of nitrogens with one attached hydrogen (secondary N) is 1. The third-order valence-corrected chi connectivity index (χ3v) is 7.23. The normalized spacial score (nSPS) is 18.4. The lowest BCUT2D eigenvalue weighted by Crippen LogP contribution is -2.32. The predicted octanol–water partition coefficient (Wildman–Crippen LogP) is 5.78. The summed E-state index contributed by atoms with van der Waals surface area (Å²) in [4.78, 5) is 3.34. The zero-order valence-corrected chi connectivity index (χ0v) is 18.7. The van der Waals surface area contributed by atoms with Crippen molar-refractivity contribution in [2.24, 2.45) is 0 Å². The minimum Gasteiger partial charge on any atom is -0.493 e. The molecule has 174 valence electrons. The first-order valence-electron chi connectivity index (χ1n) is 9.70. The molecule has 1 atom stereocenters. The molecule has 2 heterocycles. The van der Waals surface area contributed by atoms with E-state index in [1.807, 2.05) is 6.92 Å². The fourth-order valence-electron chi connectivity index (χ4n) is 3.83. The third kappa shape index (κ3) is 4.49. The monoisotopic (exact) mass is 500 g/mol. The summed E-state index contributed by atoms with van der Waals surface area (Å²) in [5, 5.41) is -0.0456. The number of aromatic nitrogens is 1. The van der Waals surface area contributed by atoms with Gasteiger partial charge in [-0.3, -0.25) is 4.72 Å². The molecule has 1 aliphatic heterocycles. The van der Waals surface area contributed by atoms with Gasteiger partial charge in [0.25, 0.3) is 10.0 Å². The molecule has 5 nitrogen and oxygen atoms in total. The van der Waals surface area contributed by atoms with Crippen molar-refractivity contribution in [2.75, 3.05) is 11.3 Å². The van der Waals surface area contributed by atoms with Crippen LogP contribution in [-0.2, 0) is 21.6 Å². The summed E-state index contributed by atoms with van der Waals surface area (Å²) < 4.78 is 85.8. The fourth-order valence-corrected chi connectivity index (χ4v) is 5.23. The maximum absolute atomic E-state index is 13.3. The van der Waals surface area contributed by atoms with Crippen molar-refractivity contribution in [3.05, 3.63) is 82.3 Å². The van der Waals surface area contributed by atoms with Gasteiger partial charge in [-0.25, -0.2) is 13.4 Å². The Kier molecular flexibility index (Phi) is 5.78. The summed E-state index contributed by atoms with van der Waals surface area (Å²) in [6.07, 6.45) is -4.11. The van der Waals surface area contributed by atoms with E-state index in [1.54, 1.807) is 0 Å². The molecule has 0 saturated heterocycles. The van der Waals surface area contributed by atoms with Crippen molar-refractivity contribution in [1.82, 2.24) is 4.98 Å². The van der Waals surface area contributed by atoms with Gasteiger partial charge >= 0.3 is 6.18 Å². The van der Waals surface area contributed by atoms with Gasteiger partial charge in [0.1, 0.15) is 11.6 Å². The van der Waals surface area contributed by atoms with E-state index >= 15 is 0 Å². The Labute approximate surface area is 192 Å². The van der Waals surface area contributed by atoms with Gasteiger partial charge in [0.05, 0.1) is 17.1 Å². The van der Waals surface area contributed by atoms with E-state index in [0.717, 1.165) is 18.2 Å². The minimum absolute atomic E-state index is 0.0456. The number of hydrogen-bond donors (Lipinski definition) is 1. The molecule has 1 aromatic heterocycles. The second-order valence-corrected chi connectivity index (χ2v) is 9.82. The van der Waals surface area contributed by atoms with Crippen molar-refractivity contribution in [2.45, 2.75) is 29.8 Å². The van der Waals surface area contributed by atoms with E-state index < -0.39 is 33.1 Å². The van der Waals surface area contributed by atoms with Crippen LogP contribution >= 0.6 is 11.6 Å². The molecule has 0 saturated carbocycles. The van der Waals surface area contributed by atoms with Crippen molar-refractivity contribution < 1.29 is 30.7 Å². The van der Waals surface area contributed by atoms with E-state index in [1.165, 1.54) is 36.4 Å². The van der Waals surface area contributed by atoms with Crippen LogP contribution in [0.3, 0.4) is 0 Å². The highest BCUT2D eigenvalue weighted by atomic mass is 35.5. The third-order valence-electron chi connectivity index (χ3n) is 5.56. The van der Waals surface area contributed by atoms with E-state index in [2.05, 4.69) is 9.71 Å². The number of pyridine rings is 1. The van der Waals surface area contributed by atoms with Crippen LogP contribution < -0.4 is 9.46 Å². The number of nitrogens with zero attached hydrogens (tertiary/aromatic N) is 1. The molecule has 0 amide bonds. The van der Waals surface area contributed by atoms with Gasteiger partial charge in [-0.05, 0) is 42.3 Å². The van der Waals surface area contributed by atoms with Crippen LogP contribution in [-0.4, -0.2) is 20.0 Å². The average molecular weight is 501 g/mol. The van der Waals surface area contributed by atoms with Gasteiger partial charge in [-0.15, -0.1) is 0 Å². The lowest BCUT2D eigenvalue weighted by molar-refractivity contribution is -0.137.